The summed E-state index contributed by atoms with van der Waals surface area (Å²) >= 11 is 6.39. The van der Waals surface area contributed by atoms with Crippen molar-refractivity contribution in [3.63, 3.8) is 0 Å². The van der Waals surface area contributed by atoms with E-state index in [0.717, 1.165) is 22.1 Å². The van der Waals surface area contributed by atoms with E-state index in [9.17, 15) is 40.3 Å². The van der Waals surface area contributed by atoms with Gasteiger partial charge in [-0.05, 0) is 54.0 Å². The molecule has 54 heavy (non-hydrogen) atoms. The minimum absolute atomic E-state index is 0.0640. The topological polar surface area (TPSA) is 143 Å². The number of nitrogens with zero attached hydrogens (tertiary/aromatic N) is 6. The Hall–Kier alpha value is -5.20. The number of halogens is 8. The van der Waals surface area contributed by atoms with Gasteiger partial charge in [0.15, 0.2) is 11.8 Å². The number of carbonyl (C=O) groups excluding carboxylic acids is 2. The standard InChI is InChI=1S/C34H33ClF7N9O3/c1-31(2,3)16-33(20-7-4-18(5-8-20)22-10-13-49(48-22)28(38)39)27(52)50(29(43)46-33)24(15-54-30(53)47-32(11-12-32)34(40,41)42)19-6-9-21(35)23(14-19)51-26(25(36)37)44-17-45-51/h4-10,13-14,17,24-25,28H,11-12,15-16H2,1-3H3,(H2,43,46)(H,47,53)/t24?,33-/m1/s1. The zero-order chi connectivity index (χ0) is 39.4. The Bertz CT molecular complexity index is 2060. The predicted octanol–water partition coefficient (Wildman–Crippen LogP) is 7.68. The quantitative estimate of drug-likeness (QED) is 0.133. The van der Waals surface area contributed by atoms with Gasteiger partial charge in [-0.1, -0.05) is 62.7 Å². The highest BCUT2D eigenvalue weighted by atomic mass is 35.5. The molecule has 2 aliphatic rings. The first-order chi connectivity index (χ1) is 25.2. The van der Waals surface area contributed by atoms with Gasteiger partial charge in [-0.3, -0.25) is 15.1 Å². The van der Waals surface area contributed by atoms with Gasteiger partial charge in [-0.15, -0.1) is 0 Å². The SMILES string of the molecule is CC(C)(C)C[C@]1(c2ccc(-c3ccn(C(F)F)n3)cc2)NC(=N)N(C(COC(=O)NC2(C(F)(F)F)CC2)c2ccc(Cl)c(-n3ncnc3C(F)F)c2)C1=O. The van der Waals surface area contributed by atoms with Crippen molar-refractivity contribution in [2.24, 2.45) is 5.41 Å². The van der Waals surface area contributed by atoms with Crippen molar-refractivity contribution >= 4 is 29.6 Å². The largest absolute Gasteiger partial charge is 0.447 e. The van der Waals surface area contributed by atoms with Gasteiger partial charge in [0.2, 0.25) is 0 Å². The molecule has 20 heteroatoms. The Morgan fingerprint density at radius 1 is 1.07 bits per heavy atom. The molecular weight excluding hydrogens is 751 g/mol. The van der Waals surface area contributed by atoms with Gasteiger partial charge in [0.1, 0.15) is 24.0 Å². The van der Waals surface area contributed by atoms with E-state index in [4.69, 9.17) is 21.7 Å². The molecule has 2 aromatic heterocycles. The molecule has 0 bridgehead atoms. The number of nitrogens with one attached hydrogen (secondary N) is 3. The van der Waals surface area contributed by atoms with E-state index in [0.29, 0.717) is 15.8 Å². The lowest BCUT2D eigenvalue weighted by Gasteiger charge is -2.35. The van der Waals surface area contributed by atoms with Crippen LogP contribution in [0, 0.1) is 10.8 Å². The summed E-state index contributed by atoms with van der Waals surface area (Å²) < 4.78 is 101. The molecular formula is C34H33ClF7N9O3. The molecule has 1 aliphatic carbocycles. The molecule has 2 atom stereocenters. The third-order valence-corrected chi connectivity index (χ3v) is 9.42. The molecule has 1 saturated heterocycles. The maximum absolute atomic E-state index is 14.9. The maximum atomic E-state index is 14.9. The zero-order valence-electron chi connectivity index (χ0n) is 28.8. The number of alkyl halides is 7. The normalized spacial score (nSPS) is 19.0. The van der Waals surface area contributed by atoms with Crippen LogP contribution in [0.15, 0.2) is 61.1 Å². The Labute approximate surface area is 308 Å². The number of hydrogen-bond donors (Lipinski definition) is 3. The number of ether oxygens (including phenoxy) is 1. The summed E-state index contributed by atoms with van der Waals surface area (Å²) in [5.74, 6) is -1.95. The monoisotopic (exact) mass is 783 g/mol. The summed E-state index contributed by atoms with van der Waals surface area (Å²) in [6.45, 7) is 1.92. The van der Waals surface area contributed by atoms with E-state index in [1.165, 1.54) is 24.3 Å². The van der Waals surface area contributed by atoms with Crippen LogP contribution in [0.4, 0.5) is 35.5 Å². The smallest absolute Gasteiger partial charge is 0.411 e. The molecule has 1 saturated carbocycles. The molecule has 1 unspecified atom stereocenters. The highest BCUT2D eigenvalue weighted by Gasteiger charge is 2.64. The van der Waals surface area contributed by atoms with E-state index in [-0.39, 0.29) is 41.2 Å². The Kier molecular flexibility index (Phi) is 9.91. The molecule has 2 fully saturated rings. The number of amides is 2. The van der Waals surface area contributed by atoms with Crippen LogP contribution in [0.2, 0.25) is 5.02 Å². The third-order valence-electron chi connectivity index (χ3n) is 9.10. The first-order valence-electron chi connectivity index (χ1n) is 16.4. The summed E-state index contributed by atoms with van der Waals surface area (Å²) in [5.41, 5.74) is -3.65. The first kappa shape index (κ1) is 38.5. The van der Waals surface area contributed by atoms with Crippen LogP contribution in [-0.2, 0) is 15.1 Å². The molecule has 0 spiro atoms. The van der Waals surface area contributed by atoms with Crippen molar-refractivity contribution in [2.45, 2.75) is 76.3 Å². The van der Waals surface area contributed by atoms with Crippen LogP contribution in [-0.4, -0.2) is 65.7 Å². The van der Waals surface area contributed by atoms with Gasteiger partial charge in [-0.2, -0.15) is 32.1 Å². The van der Waals surface area contributed by atoms with Gasteiger partial charge in [0, 0.05) is 11.8 Å². The second-order valence-corrected chi connectivity index (χ2v) is 14.6. The number of rotatable bonds is 11. The van der Waals surface area contributed by atoms with Gasteiger partial charge in [0.25, 0.3) is 12.3 Å². The molecule has 3 N–H and O–H groups in total. The van der Waals surface area contributed by atoms with Gasteiger partial charge >= 0.3 is 18.8 Å². The molecule has 6 rings (SSSR count). The number of aromatic nitrogens is 5. The summed E-state index contributed by atoms with van der Waals surface area (Å²) in [5, 5.41) is 21.5. The van der Waals surface area contributed by atoms with Gasteiger partial charge in [0.05, 0.1) is 22.4 Å². The second-order valence-electron chi connectivity index (χ2n) is 14.2. The lowest BCUT2D eigenvalue weighted by atomic mass is 9.75. The average Bonchev–Trinajstić information content (AvgIpc) is 3.40. The van der Waals surface area contributed by atoms with Crippen LogP contribution in [0.5, 0.6) is 0 Å². The zero-order valence-corrected chi connectivity index (χ0v) is 29.5. The molecule has 3 heterocycles. The maximum Gasteiger partial charge on any atom is 0.411 e. The summed E-state index contributed by atoms with van der Waals surface area (Å²) in [6, 6.07) is 10.2. The summed E-state index contributed by atoms with van der Waals surface area (Å²) in [4.78, 5) is 32.2. The number of guanidine groups is 1. The molecule has 2 amide bonds. The third kappa shape index (κ3) is 7.32. The molecule has 1 aliphatic heterocycles. The van der Waals surface area contributed by atoms with Crippen LogP contribution in [0.3, 0.4) is 0 Å². The minimum atomic E-state index is -4.75. The van der Waals surface area contributed by atoms with Crippen LogP contribution in [0.25, 0.3) is 16.9 Å². The highest BCUT2D eigenvalue weighted by Crippen LogP contribution is 2.49. The predicted molar refractivity (Wildman–Crippen MR) is 179 cm³/mol. The highest BCUT2D eigenvalue weighted by molar-refractivity contribution is 6.32. The Morgan fingerprint density at radius 2 is 1.76 bits per heavy atom. The molecule has 0 radical (unpaired) electrons. The summed E-state index contributed by atoms with van der Waals surface area (Å²) in [7, 11) is 0. The van der Waals surface area contributed by atoms with Crippen LogP contribution in [0.1, 0.15) is 76.0 Å². The van der Waals surface area contributed by atoms with E-state index in [2.05, 4.69) is 20.5 Å². The molecule has 2 aromatic carbocycles. The van der Waals surface area contributed by atoms with Crippen molar-refractivity contribution < 1.29 is 45.1 Å². The molecule has 288 valence electrons. The fourth-order valence-corrected chi connectivity index (χ4v) is 6.65. The van der Waals surface area contributed by atoms with Crippen molar-refractivity contribution in [3.8, 4) is 16.9 Å². The molecule has 4 aromatic rings. The Balaban J connectivity index is 1.40. The van der Waals surface area contributed by atoms with Crippen molar-refractivity contribution in [1.82, 2.24) is 40.1 Å². The van der Waals surface area contributed by atoms with Crippen LogP contribution < -0.4 is 10.6 Å². The average molecular weight is 784 g/mol. The Morgan fingerprint density at radius 3 is 2.33 bits per heavy atom. The number of carbonyl (C=O) groups is 2. The minimum Gasteiger partial charge on any atom is -0.447 e. The first-order valence-corrected chi connectivity index (χ1v) is 16.8. The fraction of sp³-hybridized carbons (Fsp3) is 0.412. The number of alkyl carbamates (subject to hydrolysis) is 1. The van der Waals surface area contributed by atoms with E-state index in [1.807, 2.05) is 26.1 Å². The lowest BCUT2D eigenvalue weighted by molar-refractivity contribution is -0.164. The van der Waals surface area contributed by atoms with E-state index in [1.54, 1.807) is 24.3 Å². The molecule has 12 nitrogen and oxygen atoms in total. The van der Waals surface area contributed by atoms with Crippen molar-refractivity contribution in [1.29, 1.82) is 5.41 Å². The van der Waals surface area contributed by atoms with Crippen molar-refractivity contribution in [3.05, 3.63) is 83.0 Å². The number of hydrogen-bond acceptors (Lipinski definition) is 7. The van der Waals surface area contributed by atoms with Crippen molar-refractivity contribution in [2.75, 3.05) is 6.61 Å². The van der Waals surface area contributed by atoms with Gasteiger partial charge < -0.3 is 15.4 Å². The fourth-order valence-electron chi connectivity index (χ4n) is 6.45. The van der Waals surface area contributed by atoms with E-state index < -0.39 is 72.1 Å². The number of benzene rings is 2. The van der Waals surface area contributed by atoms with Crippen LogP contribution >= 0.6 is 11.6 Å². The van der Waals surface area contributed by atoms with E-state index >= 15 is 0 Å². The van der Waals surface area contributed by atoms with Gasteiger partial charge in [-0.25, -0.2) is 27.9 Å². The lowest BCUT2D eigenvalue weighted by Crippen LogP contribution is -2.49. The second kappa shape index (κ2) is 13.9. The summed E-state index contributed by atoms with van der Waals surface area (Å²) in [6.07, 6.45) is -7.89.